The van der Waals surface area contributed by atoms with Gasteiger partial charge in [-0.2, -0.15) is 18.2 Å². The van der Waals surface area contributed by atoms with E-state index in [1.54, 1.807) is 12.1 Å². The summed E-state index contributed by atoms with van der Waals surface area (Å²) in [5.41, 5.74) is -3.00. The Kier molecular flexibility index (Phi) is 3.61. The van der Waals surface area contributed by atoms with Crippen molar-refractivity contribution in [3.63, 3.8) is 0 Å². The largest absolute Gasteiger partial charge is 0.433 e. The second kappa shape index (κ2) is 5.70. The number of rotatable bonds is 3. The van der Waals surface area contributed by atoms with Gasteiger partial charge in [0.25, 0.3) is 0 Å². The number of pyridine rings is 1. The normalized spacial score (nSPS) is 25.4. The van der Waals surface area contributed by atoms with Gasteiger partial charge in [-0.25, -0.2) is 14.3 Å². The van der Waals surface area contributed by atoms with Crippen molar-refractivity contribution in [3.8, 4) is 5.69 Å². The molecule has 3 saturated carbocycles. The molecule has 0 saturated heterocycles. The molecule has 2 N–H and O–H groups in total. The van der Waals surface area contributed by atoms with Gasteiger partial charge in [0.05, 0.1) is 21.7 Å². The molecule has 0 aliphatic heterocycles. The van der Waals surface area contributed by atoms with Gasteiger partial charge >= 0.3 is 11.9 Å². The van der Waals surface area contributed by atoms with Crippen LogP contribution in [0.3, 0.4) is 0 Å². The molecule has 10 heteroatoms. The van der Waals surface area contributed by atoms with Gasteiger partial charge in [0.1, 0.15) is 11.5 Å². The fourth-order valence-corrected chi connectivity index (χ4v) is 4.54. The van der Waals surface area contributed by atoms with Gasteiger partial charge in [0.15, 0.2) is 5.65 Å². The maximum atomic E-state index is 13.3. The summed E-state index contributed by atoms with van der Waals surface area (Å²) in [5.74, 6) is 0.149. The molecule has 0 unspecified atom stereocenters. The van der Waals surface area contributed by atoms with E-state index in [-0.39, 0.29) is 33.1 Å². The number of anilines is 1. The van der Waals surface area contributed by atoms with Crippen LogP contribution in [0.5, 0.6) is 0 Å². The standard InChI is InChI=1S/C19H14ClF3N4O2/c20-11-3-1-2-4-12(11)27-15-10(5-6-13(24-15)19(21,22)23)14(25-16(27)28)26-17-7-18(29,8-17)9-17/h1-6,29H,7-9H2,(H,25,26,28). The van der Waals surface area contributed by atoms with Crippen molar-refractivity contribution in [2.45, 2.75) is 36.6 Å². The molecule has 29 heavy (non-hydrogen) atoms. The third-order valence-electron chi connectivity index (χ3n) is 5.51. The zero-order valence-corrected chi connectivity index (χ0v) is 15.6. The molecule has 6 rings (SSSR count). The van der Waals surface area contributed by atoms with E-state index in [0.29, 0.717) is 19.3 Å². The number of nitrogens with zero attached hydrogens (tertiary/aromatic N) is 3. The minimum atomic E-state index is -4.68. The Balaban J connectivity index is 1.74. The average Bonchev–Trinajstić information content (AvgIpc) is 2.59. The van der Waals surface area contributed by atoms with Crippen LogP contribution in [0.1, 0.15) is 25.0 Å². The van der Waals surface area contributed by atoms with E-state index in [1.807, 2.05) is 0 Å². The first kappa shape index (κ1) is 18.4. The summed E-state index contributed by atoms with van der Waals surface area (Å²) >= 11 is 6.18. The van der Waals surface area contributed by atoms with Gasteiger partial charge in [-0.05, 0) is 43.5 Å². The number of benzene rings is 1. The fourth-order valence-electron chi connectivity index (χ4n) is 4.32. The summed E-state index contributed by atoms with van der Waals surface area (Å²) in [6, 6.07) is 8.39. The highest BCUT2D eigenvalue weighted by atomic mass is 35.5. The van der Waals surface area contributed by atoms with Crippen molar-refractivity contribution >= 4 is 28.5 Å². The first-order valence-corrected chi connectivity index (χ1v) is 9.24. The molecule has 3 aliphatic rings. The Morgan fingerprint density at radius 2 is 1.79 bits per heavy atom. The van der Waals surface area contributed by atoms with E-state index in [2.05, 4.69) is 15.3 Å². The predicted molar refractivity (Wildman–Crippen MR) is 100 cm³/mol. The van der Waals surface area contributed by atoms with Crippen molar-refractivity contribution < 1.29 is 18.3 Å². The molecule has 0 amide bonds. The molecule has 2 heterocycles. The number of alkyl halides is 3. The van der Waals surface area contributed by atoms with Crippen LogP contribution in [-0.2, 0) is 6.18 Å². The first-order valence-electron chi connectivity index (χ1n) is 8.86. The quantitative estimate of drug-likeness (QED) is 0.675. The second-order valence-electron chi connectivity index (χ2n) is 7.76. The smallest absolute Gasteiger partial charge is 0.390 e. The number of fused-ring (bicyclic) bond motifs is 1. The SMILES string of the molecule is O=c1nc(NC23CC(O)(C2)C3)c2ccc(C(F)(F)F)nc2n1-c1ccccc1Cl. The first-order chi connectivity index (χ1) is 13.6. The Bertz CT molecular complexity index is 1200. The fraction of sp³-hybridized carbons (Fsp3) is 0.316. The molecule has 2 aromatic heterocycles. The molecule has 0 atom stereocenters. The van der Waals surface area contributed by atoms with Crippen LogP contribution >= 0.6 is 11.6 Å². The van der Waals surface area contributed by atoms with Crippen molar-refractivity contribution in [3.05, 3.63) is 57.6 Å². The highest BCUT2D eigenvalue weighted by Crippen LogP contribution is 2.61. The Morgan fingerprint density at radius 1 is 1.10 bits per heavy atom. The topological polar surface area (TPSA) is 80.0 Å². The molecule has 3 aromatic rings. The van der Waals surface area contributed by atoms with Crippen LogP contribution in [0.2, 0.25) is 5.02 Å². The summed E-state index contributed by atoms with van der Waals surface area (Å²) in [6.45, 7) is 0. The summed E-state index contributed by atoms with van der Waals surface area (Å²) < 4.78 is 40.8. The lowest BCUT2D eigenvalue weighted by Gasteiger charge is -2.67. The van der Waals surface area contributed by atoms with Crippen molar-refractivity contribution in [1.29, 1.82) is 0 Å². The summed E-state index contributed by atoms with van der Waals surface area (Å²) in [6.07, 6.45) is -3.16. The molecule has 0 spiro atoms. The zero-order chi connectivity index (χ0) is 20.6. The molecule has 1 aromatic carbocycles. The van der Waals surface area contributed by atoms with Gasteiger partial charge in [0, 0.05) is 5.54 Å². The molecule has 0 radical (unpaired) electrons. The van der Waals surface area contributed by atoms with Crippen molar-refractivity contribution in [2.24, 2.45) is 0 Å². The second-order valence-corrected chi connectivity index (χ2v) is 8.16. The van der Waals surface area contributed by atoms with Gasteiger partial charge in [-0.1, -0.05) is 23.7 Å². The highest BCUT2D eigenvalue weighted by Gasteiger charge is 2.67. The summed E-state index contributed by atoms with van der Waals surface area (Å²) in [4.78, 5) is 20.6. The molecular formula is C19H14ClF3N4O2. The third-order valence-corrected chi connectivity index (χ3v) is 5.83. The molecule has 2 bridgehead atoms. The number of halogens is 4. The van der Waals surface area contributed by atoms with Gasteiger partial charge < -0.3 is 10.4 Å². The van der Waals surface area contributed by atoms with Crippen LogP contribution in [0.15, 0.2) is 41.2 Å². The minimum Gasteiger partial charge on any atom is -0.390 e. The van der Waals surface area contributed by atoms with Crippen LogP contribution in [0.25, 0.3) is 16.7 Å². The van der Waals surface area contributed by atoms with E-state index < -0.39 is 23.2 Å². The van der Waals surface area contributed by atoms with Crippen molar-refractivity contribution in [1.82, 2.24) is 14.5 Å². The van der Waals surface area contributed by atoms with Gasteiger partial charge in [-0.3, -0.25) is 0 Å². The van der Waals surface area contributed by atoms with Crippen LogP contribution in [-0.4, -0.2) is 30.8 Å². The van der Waals surface area contributed by atoms with Gasteiger partial charge in [0.2, 0.25) is 0 Å². The number of para-hydroxylation sites is 1. The molecular weight excluding hydrogens is 409 g/mol. The Morgan fingerprint density at radius 3 is 2.41 bits per heavy atom. The van der Waals surface area contributed by atoms with E-state index in [4.69, 9.17) is 11.6 Å². The number of aromatic nitrogens is 3. The lowest BCUT2D eigenvalue weighted by atomic mass is 9.46. The van der Waals surface area contributed by atoms with E-state index in [1.165, 1.54) is 18.2 Å². The van der Waals surface area contributed by atoms with Gasteiger partial charge in [-0.15, -0.1) is 0 Å². The number of nitrogens with one attached hydrogen (secondary N) is 1. The lowest BCUT2D eigenvalue weighted by Crippen LogP contribution is -2.75. The predicted octanol–water partition coefficient (Wildman–Crippen LogP) is 3.53. The maximum absolute atomic E-state index is 13.3. The Hall–Kier alpha value is -2.65. The molecule has 6 nitrogen and oxygen atoms in total. The lowest BCUT2D eigenvalue weighted by molar-refractivity contribution is -0.195. The monoisotopic (exact) mass is 422 g/mol. The summed E-state index contributed by atoms with van der Waals surface area (Å²) in [5, 5.41) is 13.5. The van der Waals surface area contributed by atoms with Crippen molar-refractivity contribution in [2.75, 3.05) is 5.32 Å². The number of hydrogen-bond acceptors (Lipinski definition) is 5. The van der Waals surface area contributed by atoms with E-state index >= 15 is 0 Å². The number of aliphatic hydroxyl groups is 1. The Labute approximate surface area is 167 Å². The third kappa shape index (κ3) is 2.79. The molecule has 3 aliphatic carbocycles. The molecule has 150 valence electrons. The average molecular weight is 423 g/mol. The van der Waals surface area contributed by atoms with E-state index in [0.717, 1.165) is 10.6 Å². The zero-order valence-electron chi connectivity index (χ0n) is 14.8. The number of hydrogen-bond donors (Lipinski definition) is 2. The van der Waals surface area contributed by atoms with Crippen LogP contribution < -0.4 is 11.0 Å². The highest BCUT2D eigenvalue weighted by molar-refractivity contribution is 6.32. The van der Waals surface area contributed by atoms with Crippen LogP contribution in [0.4, 0.5) is 19.0 Å². The minimum absolute atomic E-state index is 0.149. The maximum Gasteiger partial charge on any atom is 0.433 e. The van der Waals surface area contributed by atoms with Crippen LogP contribution in [0, 0.1) is 0 Å². The van der Waals surface area contributed by atoms with E-state index in [9.17, 15) is 23.1 Å². The summed E-state index contributed by atoms with van der Waals surface area (Å²) in [7, 11) is 0. The molecule has 3 fully saturated rings.